The Labute approximate surface area is 203 Å². The first-order valence-corrected chi connectivity index (χ1v) is 14.4. The molecule has 6 rings (SSSR count). The van der Waals surface area contributed by atoms with Gasteiger partial charge in [-0.15, -0.1) is 0 Å². The summed E-state index contributed by atoms with van der Waals surface area (Å²) in [5.74, 6) is 3.28. The number of rotatable bonds is 4. The highest BCUT2D eigenvalue weighted by Gasteiger charge is 2.53. The molecule has 6 aliphatic rings. The number of esters is 1. The summed E-state index contributed by atoms with van der Waals surface area (Å²) in [6.45, 7) is 7.26. The van der Waals surface area contributed by atoms with E-state index in [0.29, 0.717) is 22.7 Å². The number of hydrogen-bond acceptors (Lipinski definition) is 2. The van der Waals surface area contributed by atoms with Crippen molar-refractivity contribution in [3.63, 3.8) is 0 Å². The van der Waals surface area contributed by atoms with Crippen molar-refractivity contribution in [2.45, 2.75) is 123 Å². The monoisotopic (exact) mass is 452 g/mol. The maximum Gasteiger partial charge on any atom is 0.310 e. The Morgan fingerprint density at radius 3 is 2.12 bits per heavy atom. The van der Waals surface area contributed by atoms with Crippen molar-refractivity contribution in [3.8, 4) is 0 Å². The van der Waals surface area contributed by atoms with Crippen LogP contribution in [0.5, 0.6) is 0 Å². The Morgan fingerprint density at radius 1 is 0.848 bits per heavy atom. The third-order valence-corrected chi connectivity index (χ3v) is 11.0. The van der Waals surface area contributed by atoms with Gasteiger partial charge in [-0.05, 0) is 112 Å². The third-order valence-electron chi connectivity index (χ3n) is 11.0. The molecule has 0 heterocycles. The fraction of sp³-hybridized carbons (Fsp3) is 0.839. The molecule has 0 aromatic carbocycles. The summed E-state index contributed by atoms with van der Waals surface area (Å²) in [6, 6.07) is 0. The molecule has 0 aromatic heterocycles. The SMILES string of the molecule is CC(C)(C1CCCCC1)C12C=CC(CC1)C2.CC1(OC(=O)C2CC3C=CC2C3)CCCCC1. The summed E-state index contributed by atoms with van der Waals surface area (Å²) >= 11 is 0. The van der Waals surface area contributed by atoms with E-state index in [1.165, 1.54) is 77.0 Å². The molecule has 0 radical (unpaired) electrons. The highest BCUT2D eigenvalue weighted by atomic mass is 16.6. The molecule has 5 unspecified atom stereocenters. The number of ether oxygens (including phenoxy) is 1. The normalized spacial score (nSPS) is 38.9. The molecule has 4 fully saturated rings. The Bertz CT molecular complexity index is 764. The van der Waals surface area contributed by atoms with E-state index in [4.69, 9.17) is 4.74 Å². The molecular weight excluding hydrogens is 404 g/mol. The smallest absolute Gasteiger partial charge is 0.310 e. The minimum atomic E-state index is -0.166. The van der Waals surface area contributed by atoms with Gasteiger partial charge in [0, 0.05) is 0 Å². The standard InChI is InChI=1S/C16H26.C15H22O2/c1-15(2,14-6-4-3-5-7-14)16-10-8-13(12-16)9-11-16;1-15(7-3-2-4-8-15)17-14(16)13-10-11-5-6-12(13)9-11/h8,10,13-14H,3-7,9,11-12H2,1-2H3;5-6,11-13H,2-4,7-10H2,1H3. The van der Waals surface area contributed by atoms with Gasteiger partial charge in [0.2, 0.25) is 0 Å². The van der Waals surface area contributed by atoms with Gasteiger partial charge in [0.05, 0.1) is 5.92 Å². The number of carbonyl (C=O) groups excluding carboxylic acids is 1. The van der Waals surface area contributed by atoms with Gasteiger partial charge in [0.25, 0.3) is 0 Å². The van der Waals surface area contributed by atoms with Gasteiger partial charge in [-0.1, -0.05) is 63.8 Å². The first-order chi connectivity index (χ1) is 15.8. The second kappa shape index (κ2) is 9.19. The molecule has 0 spiro atoms. The first kappa shape index (κ1) is 23.7. The molecule has 2 heteroatoms. The van der Waals surface area contributed by atoms with Gasteiger partial charge in [-0.2, -0.15) is 0 Å². The lowest BCUT2D eigenvalue weighted by atomic mass is 9.56. The van der Waals surface area contributed by atoms with Crippen LogP contribution in [-0.2, 0) is 9.53 Å². The van der Waals surface area contributed by atoms with Crippen LogP contribution in [0.25, 0.3) is 0 Å². The highest BCUT2D eigenvalue weighted by Crippen LogP contribution is 2.62. The van der Waals surface area contributed by atoms with Crippen molar-refractivity contribution < 1.29 is 9.53 Å². The molecule has 0 aromatic rings. The Balaban J connectivity index is 0.000000139. The summed E-state index contributed by atoms with van der Waals surface area (Å²) in [4.78, 5) is 12.3. The van der Waals surface area contributed by atoms with Crippen molar-refractivity contribution in [1.29, 1.82) is 0 Å². The lowest BCUT2D eigenvalue weighted by Gasteiger charge is -2.48. The van der Waals surface area contributed by atoms with Gasteiger partial charge in [0.15, 0.2) is 0 Å². The van der Waals surface area contributed by atoms with Crippen LogP contribution in [0.1, 0.15) is 117 Å². The molecule has 0 aliphatic heterocycles. The lowest BCUT2D eigenvalue weighted by molar-refractivity contribution is -0.167. The summed E-state index contributed by atoms with van der Waals surface area (Å²) in [6.07, 6.45) is 29.5. The molecule has 4 bridgehead atoms. The van der Waals surface area contributed by atoms with E-state index in [1.54, 1.807) is 0 Å². The van der Waals surface area contributed by atoms with E-state index in [9.17, 15) is 4.79 Å². The van der Waals surface area contributed by atoms with Crippen LogP contribution < -0.4 is 0 Å². The topological polar surface area (TPSA) is 26.3 Å². The summed E-state index contributed by atoms with van der Waals surface area (Å²) in [7, 11) is 0. The second-order valence-electron chi connectivity index (χ2n) is 13.4. The Hall–Kier alpha value is -1.05. The number of carbonyl (C=O) groups is 1. The van der Waals surface area contributed by atoms with Crippen LogP contribution in [-0.4, -0.2) is 11.6 Å². The first-order valence-electron chi connectivity index (χ1n) is 14.4. The van der Waals surface area contributed by atoms with Crippen molar-refractivity contribution in [2.75, 3.05) is 0 Å². The van der Waals surface area contributed by atoms with Gasteiger partial charge in [-0.25, -0.2) is 0 Å². The number of fused-ring (bicyclic) bond motifs is 4. The summed E-state index contributed by atoms with van der Waals surface area (Å²) < 4.78 is 5.84. The Kier molecular flexibility index (Phi) is 6.60. The predicted molar refractivity (Wildman–Crippen MR) is 136 cm³/mol. The van der Waals surface area contributed by atoms with Crippen LogP contribution in [0.4, 0.5) is 0 Å². The molecule has 0 saturated heterocycles. The van der Waals surface area contributed by atoms with Gasteiger partial charge in [-0.3, -0.25) is 4.79 Å². The molecule has 0 amide bonds. The van der Waals surface area contributed by atoms with Crippen LogP contribution >= 0.6 is 0 Å². The zero-order chi connectivity index (χ0) is 23.1. The Morgan fingerprint density at radius 2 is 1.58 bits per heavy atom. The second-order valence-corrected chi connectivity index (χ2v) is 13.4. The van der Waals surface area contributed by atoms with E-state index in [1.807, 2.05) is 0 Å². The van der Waals surface area contributed by atoms with E-state index >= 15 is 0 Å². The van der Waals surface area contributed by atoms with E-state index in [-0.39, 0.29) is 17.5 Å². The van der Waals surface area contributed by atoms with E-state index < -0.39 is 0 Å². The van der Waals surface area contributed by atoms with Crippen molar-refractivity contribution in [3.05, 3.63) is 24.3 Å². The zero-order valence-corrected chi connectivity index (χ0v) is 21.6. The quantitative estimate of drug-likeness (QED) is 0.316. The minimum absolute atomic E-state index is 0.0752. The molecular formula is C31H48O2. The van der Waals surface area contributed by atoms with Gasteiger partial charge in [0.1, 0.15) is 5.60 Å². The lowest BCUT2D eigenvalue weighted by Crippen LogP contribution is -2.40. The van der Waals surface area contributed by atoms with Crippen molar-refractivity contribution in [2.24, 2.45) is 40.4 Å². The molecule has 5 atom stereocenters. The zero-order valence-electron chi connectivity index (χ0n) is 21.6. The fourth-order valence-electron chi connectivity index (χ4n) is 8.55. The molecule has 33 heavy (non-hydrogen) atoms. The fourth-order valence-corrected chi connectivity index (χ4v) is 8.55. The average Bonchev–Trinajstić information content (AvgIpc) is 3.62. The largest absolute Gasteiger partial charge is 0.459 e. The third kappa shape index (κ3) is 4.62. The predicted octanol–water partition coefficient (Wildman–Crippen LogP) is 8.41. The molecule has 0 N–H and O–H groups in total. The van der Waals surface area contributed by atoms with Crippen LogP contribution in [0.2, 0.25) is 0 Å². The van der Waals surface area contributed by atoms with Crippen molar-refractivity contribution in [1.82, 2.24) is 0 Å². The van der Waals surface area contributed by atoms with Gasteiger partial charge < -0.3 is 4.74 Å². The molecule has 4 saturated carbocycles. The maximum absolute atomic E-state index is 12.3. The summed E-state index contributed by atoms with van der Waals surface area (Å²) in [5, 5.41) is 0. The van der Waals surface area contributed by atoms with Crippen LogP contribution in [0.3, 0.4) is 0 Å². The van der Waals surface area contributed by atoms with Crippen LogP contribution in [0, 0.1) is 40.4 Å². The molecule has 184 valence electrons. The van der Waals surface area contributed by atoms with Crippen LogP contribution in [0.15, 0.2) is 24.3 Å². The number of hydrogen-bond donors (Lipinski definition) is 0. The maximum atomic E-state index is 12.3. The van der Waals surface area contributed by atoms with E-state index in [0.717, 1.165) is 31.1 Å². The number of allylic oxidation sites excluding steroid dienone is 4. The van der Waals surface area contributed by atoms with E-state index in [2.05, 4.69) is 45.1 Å². The average molecular weight is 453 g/mol. The summed E-state index contributed by atoms with van der Waals surface area (Å²) in [5.41, 5.74) is 0.968. The molecule has 6 aliphatic carbocycles. The molecule has 2 nitrogen and oxygen atoms in total. The minimum Gasteiger partial charge on any atom is -0.459 e. The van der Waals surface area contributed by atoms with Crippen molar-refractivity contribution >= 4 is 5.97 Å². The highest BCUT2D eigenvalue weighted by molar-refractivity contribution is 5.74. The van der Waals surface area contributed by atoms with Gasteiger partial charge >= 0.3 is 5.97 Å².